The lowest BCUT2D eigenvalue weighted by atomic mass is 9.93. The van der Waals surface area contributed by atoms with Crippen molar-refractivity contribution in [3.8, 4) is 0 Å². The third-order valence-electron chi connectivity index (χ3n) is 6.06. The lowest BCUT2D eigenvalue weighted by molar-refractivity contribution is -0.136. The van der Waals surface area contributed by atoms with E-state index < -0.39 is 5.97 Å². The molecule has 6 heteroatoms. The number of hydrogen-bond donors (Lipinski definition) is 2. The molecule has 0 bridgehead atoms. The molecule has 0 unspecified atom stereocenters. The largest absolute Gasteiger partial charge is 0.481 e. The Hall–Kier alpha value is -3.41. The maximum Gasteiger partial charge on any atom is 0.307 e. The van der Waals surface area contributed by atoms with Crippen LogP contribution in [0.25, 0.3) is 0 Å². The van der Waals surface area contributed by atoms with Gasteiger partial charge in [0.1, 0.15) is 0 Å². The smallest absolute Gasteiger partial charge is 0.307 e. The molecule has 180 valence electrons. The van der Waals surface area contributed by atoms with Gasteiger partial charge >= 0.3 is 5.97 Å². The fourth-order valence-electron chi connectivity index (χ4n) is 4.41. The second-order valence-corrected chi connectivity index (χ2v) is 9.16. The van der Waals surface area contributed by atoms with Gasteiger partial charge in [0.25, 0.3) is 5.91 Å². The number of nitrogens with one attached hydrogen (secondary N) is 1. The summed E-state index contributed by atoms with van der Waals surface area (Å²) in [7, 11) is 0. The molecular formula is C28H35N3O3. The second kappa shape index (κ2) is 11.1. The Kier molecular flexibility index (Phi) is 8.26. The van der Waals surface area contributed by atoms with E-state index in [1.54, 1.807) is 0 Å². The van der Waals surface area contributed by atoms with Crippen LogP contribution in [-0.4, -0.2) is 26.8 Å². The van der Waals surface area contributed by atoms with E-state index in [1.807, 2.05) is 54.9 Å². The van der Waals surface area contributed by atoms with E-state index in [1.165, 1.54) is 0 Å². The Bertz CT molecular complexity index is 1160. The van der Waals surface area contributed by atoms with Gasteiger partial charge < -0.3 is 10.4 Å². The van der Waals surface area contributed by atoms with E-state index in [2.05, 4.69) is 37.3 Å². The van der Waals surface area contributed by atoms with Gasteiger partial charge in [0, 0.05) is 22.5 Å². The molecule has 1 amide bonds. The average Bonchev–Trinajstić information content (AvgIpc) is 3.11. The number of hydrogen-bond acceptors (Lipinski definition) is 3. The SMILES string of the molecule is CCc1nn(Cc2ccc(NC(=O)c3cccc(C)c3CC(C)C)cc2)c(CC)c1CC(=O)O. The molecule has 0 aliphatic carbocycles. The first-order chi connectivity index (χ1) is 16.2. The van der Waals surface area contributed by atoms with Crippen molar-refractivity contribution in [2.24, 2.45) is 5.92 Å². The Labute approximate surface area is 202 Å². The van der Waals surface area contributed by atoms with E-state index in [4.69, 9.17) is 0 Å². The maximum atomic E-state index is 13.0. The fraction of sp³-hybridized carbons (Fsp3) is 0.393. The molecule has 3 rings (SSSR count). The topological polar surface area (TPSA) is 84.2 Å². The Morgan fingerprint density at radius 1 is 1.03 bits per heavy atom. The lowest BCUT2D eigenvalue weighted by Gasteiger charge is -2.15. The molecule has 0 fully saturated rings. The summed E-state index contributed by atoms with van der Waals surface area (Å²) < 4.78 is 1.91. The molecule has 0 radical (unpaired) electrons. The number of aliphatic carboxylic acids is 1. The number of rotatable bonds is 10. The number of aryl methyl sites for hydroxylation is 2. The minimum absolute atomic E-state index is 0.00489. The molecule has 0 saturated carbocycles. The molecule has 6 nitrogen and oxygen atoms in total. The van der Waals surface area contributed by atoms with Gasteiger partial charge in [-0.3, -0.25) is 14.3 Å². The number of carbonyl (C=O) groups excluding carboxylic acids is 1. The molecule has 1 heterocycles. The summed E-state index contributed by atoms with van der Waals surface area (Å²) in [5.74, 6) is -0.473. The van der Waals surface area contributed by atoms with Crippen molar-refractivity contribution < 1.29 is 14.7 Å². The summed E-state index contributed by atoms with van der Waals surface area (Å²) in [5.41, 5.74) is 7.38. The molecule has 0 aliphatic heterocycles. The Morgan fingerprint density at radius 2 is 1.74 bits per heavy atom. The summed E-state index contributed by atoms with van der Waals surface area (Å²) >= 11 is 0. The summed E-state index contributed by atoms with van der Waals surface area (Å²) in [4.78, 5) is 24.3. The molecule has 2 N–H and O–H groups in total. The van der Waals surface area contributed by atoms with Crippen LogP contribution in [0.4, 0.5) is 5.69 Å². The van der Waals surface area contributed by atoms with Crippen LogP contribution in [0.2, 0.25) is 0 Å². The quantitative estimate of drug-likeness (QED) is 0.421. The third-order valence-corrected chi connectivity index (χ3v) is 6.06. The predicted octanol–water partition coefficient (Wildman–Crippen LogP) is 5.44. The normalized spacial score (nSPS) is 11.1. The van der Waals surface area contributed by atoms with E-state index in [9.17, 15) is 14.7 Å². The summed E-state index contributed by atoms with van der Waals surface area (Å²) in [6, 6.07) is 13.6. The number of carboxylic acid groups (broad SMARTS) is 1. The minimum Gasteiger partial charge on any atom is -0.481 e. The second-order valence-electron chi connectivity index (χ2n) is 9.16. The maximum absolute atomic E-state index is 13.0. The zero-order chi connectivity index (χ0) is 24.8. The molecule has 0 saturated heterocycles. The van der Waals surface area contributed by atoms with Gasteiger partial charge in [0.2, 0.25) is 0 Å². The minimum atomic E-state index is -0.839. The van der Waals surface area contributed by atoms with Crippen LogP contribution in [0.15, 0.2) is 42.5 Å². The molecule has 0 aliphatic rings. The van der Waals surface area contributed by atoms with Crippen LogP contribution < -0.4 is 5.32 Å². The summed E-state index contributed by atoms with van der Waals surface area (Å²) in [6.45, 7) is 10.9. The molecule has 34 heavy (non-hydrogen) atoms. The van der Waals surface area contributed by atoms with Crippen LogP contribution in [-0.2, 0) is 37.0 Å². The molecule has 0 spiro atoms. The van der Waals surface area contributed by atoms with Gasteiger partial charge in [-0.2, -0.15) is 5.10 Å². The van der Waals surface area contributed by atoms with Crippen molar-refractivity contribution >= 4 is 17.6 Å². The van der Waals surface area contributed by atoms with Crippen LogP contribution in [0.3, 0.4) is 0 Å². The van der Waals surface area contributed by atoms with Crippen LogP contribution in [0, 0.1) is 12.8 Å². The highest BCUT2D eigenvalue weighted by atomic mass is 16.4. The summed E-state index contributed by atoms with van der Waals surface area (Å²) in [5, 5.41) is 17.0. The van der Waals surface area contributed by atoms with Crippen molar-refractivity contribution in [1.29, 1.82) is 0 Å². The number of carboxylic acids is 1. The molecule has 1 aromatic heterocycles. The van der Waals surface area contributed by atoms with Gasteiger partial charge in [-0.15, -0.1) is 0 Å². The van der Waals surface area contributed by atoms with Crippen molar-refractivity contribution in [2.75, 3.05) is 5.32 Å². The first kappa shape index (κ1) is 25.2. The van der Waals surface area contributed by atoms with Crippen LogP contribution in [0.5, 0.6) is 0 Å². The number of nitrogens with zero attached hydrogens (tertiary/aromatic N) is 2. The van der Waals surface area contributed by atoms with Crippen LogP contribution >= 0.6 is 0 Å². The number of benzene rings is 2. The van der Waals surface area contributed by atoms with Crippen molar-refractivity contribution in [3.05, 3.63) is 81.7 Å². The van der Waals surface area contributed by atoms with Crippen LogP contribution in [0.1, 0.15) is 71.7 Å². The Morgan fingerprint density at radius 3 is 2.32 bits per heavy atom. The third kappa shape index (κ3) is 5.93. The first-order valence-electron chi connectivity index (χ1n) is 12.0. The van der Waals surface area contributed by atoms with Crippen molar-refractivity contribution in [1.82, 2.24) is 9.78 Å². The van der Waals surface area contributed by atoms with Gasteiger partial charge in [0.05, 0.1) is 18.7 Å². The monoisotopic (exact) mass is 461 g/mol. The van der Waals surface area contributed by atoms with E-state index in [0.717, 1.165) is 57.7 Å². The highest BCUT2D eigenvalue weighted by Gasteiger charge is 2.18. The number of carbonyl (C=O) groups is 2. The van der Waals surface area contributed by atoms with Crippen molar-refractivity contribution in [2.45, 2.75) is 66.8 Å². The van der Waals surface area contributed by atoms with Gasteiger partial charge in [-0.05, 0) is 67.0 Å². The van der Waals surface area contributed by atoms with E-state index in [0.29, 0.717) is 18.9 Å². The van der Waals surface area contributed by atoms with Gasteiger partial charge in [-0.1, -0.05) is 52.0 Å². The molecular weight excluding hydrogens is 426 g/mol. The zero-order valence-electron chi connectivity index (χ0n) is 20.8. The summed E-state index contributed by atoms with van der Waals surface area (Å²) in [6.07, 6.45) is 2.28. The number of anilines is 1. The van der Waals surface area contributed by atoms with Crippen molar-refractivity contribution in [3.63, 3.8) is 0 Å². The van der Waals surface area contributed by atoms with E-state index in [-0.39, 0.29) is 12.3 Å². The van der Waals surface area contributed by atoms with E-state index >= 15 is 0 Å². The average molecular weight is 462 g/mol. The molecule has 2 aromatic carbocycles. The predicted molar refractivity (Wildman–Crippen MR) is 136 cm³/mol. The number of aromatic nitrogens is 2. The highest BCUT2D eigenvalue weighted by molar-refractivity contribution is 6.05. The fourth-order valence-corrected chi connectivity index (χ4v) is 4.41. The zero-order valence-corrected chi connectivity index (χ0v) is 20.8. The number of amides is 1. The lowest BCUT2D eigenvalue weighted by Crippen LogP contribution is -2.16. The molecule has 3 aromatic rings. The standard InChI is InChI=1S/C28H35N3O3/c1-6-25-24(16-27(32)33)26(7-2)31(30-25)17-20-11-13-21(14-12-20)29-28(34)22-10-8-9-19(5)23(22)15-18(3)4/h8-14,18H,6-7,15-17H2,1-5H3,(H,29,34)(H,32,33). The Balaban J connectivity index is 1.77. The van der Waals surface area contributed by atoms with Gasteiger partial charge in [0.15, 0.2) is 0 Å². The van der Waals surface area contributed by atoms with Gasteiger partial charge in [-0.25, -0.2) is 0 Å². The first-order valence-corrected chi connectivity index (χ1v) is 12.0. The highest BCUT2D eigenvalue weighted by Crippen LogP contribution is 2.22. The molecule has 0 atom stereocenters.